The average Bonchev–Trinajstić information content (AvgIpc) is 3.48. The maximum absolute atomic E-state index is 6.06. The van der Waals surface area contributed by atoms with Gasteiger partial charge in [0.15, 0.2) is 5.82 Å². The predicted octanol–water partition coefficient (Wildman–Crippen LogP) is 6.33. The van der Waals surface area contributed by atoms with Crippen molar-refractivity contribution in [2.24, 2.45) is 0 Å². The first kappa shape index (κ1) is 20.2. The van der Waals surface area contributed by atoms with Gasteiger partial charge in [0.05, 0.1) is 11.1 Å². The molecule has 164 valence electrons. The van der Waals surface area contributed by atoms with E-state index in [0.29, 0.717) is 17.5 Å². The first-order valence-electron chi connectivity index (χ1n) is 10.4. The van der Waals surface area contributed by atoms with Gasteiger partial charge in [-0.25, -0.2) is 9.97 Å². The Kier molecular flexibility index (Phi) is 5.77. The Bertz CT molecular complexity index is 1330. The Morgan fingerprint density at radius 2 is 1.84 bits per heavy atom. The lowest BCUT2D eigenvalue weighted by molar-refractivity contribution is 0.302. The van der Waals surface area contributed by atoms with Crippen LogP contribution < -0.4 is 10.1 Å². The molecule has 3 aromatic heterocycles. The van der Waals surface area contributed by atoms with Gasteiger partial charge in [0.1, 0.15) is 23.8 Å². The van der Waals surface area contributed by atoms with Crippen molar-refractivity contribution >= 4 is 28.5 Å². The van der Waals surface area contributed by atoms with E-state index in [-0.39, 0.29) is 2.85 Å². The summed E-state index contributed by atoms with van der Waals surface area (Å²) in [6.07, 6.45) is 2.80. The maximum Gasteiger partial charge on any atom is 0.163 e. The van der Waals surface area contributed by atoms with Crippen molar-refractivity contribution in [2.75, 3.05) is 11.9 Å². The number of nitrogens with zero attached hydrogens (tertiary/aromatic N) is 2. The maximum atomic E-state index is 6.06. The second-order valence-electron chi connectivity index (χ2n) is 7.44. The molecule has 0 unspecified atom stereocenters. The van der Waals surface area contributed by atoms with Crippen LogP contribution in [0, 0.1) is 0 Å². The van der Waals surface area contributed by atoms with Crippen LogP contribution in [0.3, 0.4) is 0 Å². The van der Waals surface area contributed by atoms with E-state index >= 15 is 0 Å². The van der Waals surface area contributed by atoms with Crippen LogP contribution in [0.2, 0.25) is 5.02 Å². The Hall–Kier alpha value is -3.77. The molecule has 0 saturated carbocycles. The number of hydrogen-bond acceptors (Lipinski definition) is 4. The fourth-order valence-electron chi connectivity index (χ4n) is 3.55. The number of aromatic nitrogens is 4. The number of nitrogens with one attached hydrogen (secondary N) is 3. The highest BCUT2D eigenvalue weighted by Gasteiger charge is 2.13. The highest BCUT2D eigenvalue weighted by Crippen LogP contribution is 2.26. The van der Waals surface area contributed by atoms with Gasteiger partial charge in [0, 0.05) is 38.3 Å². The largest absolute Gasteiger partial charge is 0.487 e. The first-order chi connectivity index (χ1) is 15.7. The summed E-state index contributed by atoms with van der Waals surface area (Å²) >= 11 is 6.06. The highest BCUT2D eigenvalue weighted by atomic mass is 35.5. The molecular formula is C25H26ClN5O. The van der Waals surface area contributed by atoms with Crippen molar-refractivity contribution in [3.05, 3.63) is 95.4 Å². The van der Waals surface area contributed by atoms with Gasteiger partial charge in [-0.2, -0.15) is 0 Å². The van der Waals surface area contributed by atoms with E-state index in [1.165, 1.54) is 5.69 Å². The van der Waals surface area contributed by atoms with Crippen LogP contribution in [0.15, 0.2) is 79.0 Å². The molecule has 3 heterocycles. The standard InChI is InChI=1S/C25H22ClN5O.2H2/c26-18-8-4-10-21(14-18)32-16-20-15-22-24(28-13-11-19-9-5-12-27-19)30-23(31-25(22)29-20)17-6-2-1-3-7-17;;/h1-10,12,14-15,27H,11,13,16H2,(H2,28,29,30,31);2*1H. The van der Waals surface area contributed by atoms with E-state index in [1.807, 2.05) is 66.9 Å². The van der Waals surface area contributed by atoms with Crippen LogP contribution in [0.4, 0.5) is 5.82 Å². The fraction of sp³-hybridized carbons (Fsp3) is 0.120. The van der Waals surface area contributed by atoms with Gasteiger partial charge < -0.3 is 20.0 Å². The van der Waals surface area contributed by atoms with Gasteiger partial charge in [0.2, 0.25) is 0 Å². The lowest BCUT2D eigenvalue weighted by Crippen LogP contribution is -2.08. The summed E-state index contributed by atoms with van der Waals surface area (Å²) in [6, 6.07) is 23.5. The molecule has 32 heavy (non-hydrogen) atoms. The number of ether oxygens (including phenoxy) is 1. The summed E-state index contributed by atoms with van der Waals surface area (Å²) in [6.45, 7) is 1.12. The molecule has 0 fully saturated rings. The Morgan fingerprint density at radius 1 is 0.938 bits per heavy atom. The summed E-state index contributed by atoms with van der Waals surface area (Å²) in [5, 5.41) is 5.06. The van der Waals surface area contributed by atoms with Crippen LogP contribution in [-0.2, 0) is 13.0 Å². The number of hydrogen-bond donors (Lipinski definition) is 3. The van der Waals surface area contributed by atoms with Gasteiger partial charge in [-0.3, -0.25) is 0 Å². The lowest BCUT2D eigenvalue weighted by Gasteiger charge is -2.08. The van der Waals surface area contributed by atoms with E-state index in [1.54, 1.807) is 6.07 Å². The number of anilines is 1. The molecular weight excluding hydrogens is 422 g/mol. The normalized spacial score (nSPS) is 11.0. The molecule has 0 spiro atoms. The molecule has 6 nitrogen and oxygen atoms in total. The molecule has 7 heteroatoms. The molecule has 0 aliphatic rings. The molecule has 5 rings (SSSR count). The van der Waals surface area contributed by atoms with Gasteiger partial charge in [-0.1, -0.05) is 48.0 Å². The molecule has 2 aromatic carbocycles. The SMILES string of the molecule is Clc1cccc(OCc2cc3c(NCCc4ccc[nH]4)nc(-c4ccccc4)nc3[nH]2)c1.[HH].[HH]. The number of aromatic amines is 2. The second-order valence-corrected chi connectivity index (χ2v) is 7.87. The van der Waals surface area contributed by atoms with Crippen LogP contribution in [0.5, 0.6) is 5.75 Å². The van der Waals surface area contributed by atoms with Crippen LogP contribution in [0.1, 0.15) is 14.2 Å². The number of fused-ring (bicyclic) bond motifs is 1. The van der Waals surface area contributed by atoms with Crippen molar-refractivity contribution in [1.82, 2.24) is 19.9 Å². The molecule has 5 aromatic rings. The zero-order valence-corrected chi connectivity index (χ0v) is 18.1. The molecule has 3 N–H and O–H groups in total. The average molecular weight is 448 g/mol. The van der Waals surface area contributed by atoms with Crippen LogP contribution in [-0.4, -0.2) is 26.5 Å². The summed E-state index contributed by atoms with van der Waals surface area (Å²) < 4.78 is 5.90. The topological polar surface area (TPSA) is 78.6 Å². The second kappa shape index (κ2) is 9.16. The molecule has 0 amide bonds. The quantitative estimate of drug-likeness (QED) is 0.259. The third kappa shape index (κ3) is 4.60. The number of rotatable bonds is 8. The van der Waals surface area contributed by atoms with E-state index in [2.05, 4.69) is 21.4 Å². The fourth-order valence-corrected chi connectivity index (χ4v) is 3.73. The van der Waals surface area contributed by atoms with Gasteiger partial charge in [-0.05, 0) is 36.4 Å². The van der Waals surface area contributed by atoms with Crippen molar-refractivity contribution in [1.29, 1.82) is 0 Å². The Labute approximate surface area is 193 Å². The zero-order chi connectivity index (χ0) is 21.8. The van der Waals surface area contributed by atoms with Crippen LogP contribution in [0.25, 0.3) is 22.4 Å². The van der Waals surface area contributed by atoms with E-state index in [4.69, 9.17) is 26.3 Å². The lowest BCUT2D eigenvalue weighted by atomic mass is 10.2. The van der Waals surface area contributed by atoms with Gasteiger partial charge in [-0.15, -0.1) is 0 Å². The molecule has 0 bridgehead atoms. The monoisotopic (exact) mass is 447 g/mol. The highest BCUT2D eigenvalue weighted by molar-refractivity contribution is 6.30. The summed E-state index contributed by atoms with van der Waals surface area (Å²) in [7, 11) is 0. The minimum absolute atomic E-state index is 0. The van der Waals surface area contributed by atoms with Crippen molar-refractivity contribution < 1.29 is 7.59 Å². The molecule has 0 aliphatic carbocycles. The summed E-state index contributed by atoms with van der Waals surface area (Å²) in [5.41, 5.74) is 3.82. The minimum atomic E-state index is 0. The first-order valence-corrected chi connectivity index (χ1v) is 10.8. The molecule has 0 saturated heterocycles. The van der Waals surface area contributed by atoms with E-state index in [0.717, 1.165) is 46.8 Å². The number of benzene rings is 2. The zero-order valence-electron chi connectivity index (χ0n) is 17.3. The third-order valence-electron chi connectivity index (χ3n) is 5.11. The molecule has 0 atom stereocenters. The predicted molar refractivity (Wildman–Crippen MR) is 132 cm³/mol. The third-order valence-corrected chi connectivity index (χ3v) is 5.35. The molecule has 0 aliphatic heterocycles. The van der Waals surface area contributed by atoms with Gasteiger partial charge >= 0.3 is 0 Å². The Morgan fingerprint density at radius 3 is 2.66 bits per heavy atom. The summed E-state index contributed by atoms with van der Waals surface area (Å²) in [5.74, 6) is 2.19. The van der Waals surface area contributed by atoms with Gasteiger partial charge in [0.25, 0.3) is 0 Å². The van der Waals surface area contributed by atoms with Crippen molar-refractivity contribution in [2.45, 2.75) is 13.0 Å². The van der Waals surface area contributed by atoms with E-state index in [9.17, 15) is 0 Å². The summed E-state index contributed by atoms with van der Waals surface area (Å²) in [4.78, 5) is 16.2. The number of H-pyrrole nitrogens is 2. The van der Waals surface area contributed by atoms with Crippen molar-refractivity contribution in [3.8, 4) is 17.1 Å². The molecule has 0 radical (unpaired) electrons. The Balaban J connectivity index is 0.00000162. The number of halogens is 1. The van der Waals surface area contributed by atoms with Crippen LogP contribution >= 0.6 is 11.6 Å². The van der Waals surface area contributed by atoms with Crippen molar-refractivity contribution in [3.63, 3.8) is 0 Å². The smallest absolute Gasteiger partial charge is 0.163 e. The van der Waals surface area contributed by atoms with E-state index < -0.39 is 0 Å². The minimum Gasteiger partial charge on any atom is -0.487 e.